The van der Waals surface area contributed by atoms with E-state index < -0.39 is 31.1 Å². The standard InChI is InChI=1S/C11H11F3N2O3/c12-11(13,14)7-16-10(18)6-15-9(17)4-3-8-2-1-5-19-8/h1-5H,6-7H2,(H,15,17)(H,16,18)/b4-3+. The van der Waals surface area contributed by atoms with Crippen LogP contribution in [0.2, 0.25) is 0 Å². The molecule has 0 radical (unpaired) electrons. The second-order valence-corrected chi connectivity index (χ2v) is 3.46. The van der Waals surface area contributed by atoms with Crippen LogP contribution in [0.1, 0.15) is 5.76 Å². The molecule has 1 heterocycles. The molecule has 0 saturated carbocycles. The summed E-state index contributed by atoms with van der Waals surface area (Å²) in [7, 11) is 0. The Morgan fingerprint density at radius 2 is 2.05 bits per heavy atom. The molecule has 2 N–H and O–H groups in total. The first-order valence-corrected chi connectivity index (χ1v) is 5.20. The van der Waals surface area contributed by atoms with Crippen LogP contribution < -0.4 is 10.6 Å². The van der Waals surface area contributed by atoms with Crippen LogP contribution >= 0.6 is 0 Å². The molecule has 104 valence electrons. The summed E-state index contributed by atoms with van der Waals surface area (Å²) in [6, 6.07) is 3.24. The Morgan fingerprint density at radius 1 is 1.32 bits per heavy atom. The van der Waals surface area contributed by atoms with Crippen molar-refractivity contribution in [1.29, 1.82) is 0 Å². The van der Waals surface area contributed by atoms with Gasteiger partial charge in [0.2, 0.25) is 11.8 Å². The Labute approximate surface area is 106 Å². The Kier molecular flexibility index (Phi) is 5.16. The molecule has 0 aromatic carbocycles. The number of hydrogen-bond acceptors (Lipinski definition) is 3. The van der Waals surface area contributed by atoms with E-state index in [1.165, 1.54) is 12.3 Å². The zero-order valence-corrected chi connectivity index (χ0v) is 9.66. The van der Waals surface area contributed by atoms with E-state index in [-0.39, 0.29) is 0 Å². The van der Waals surface area contributed by atoms with E-state index >= 15 is 0 Å². The number of hydrogen-bond donors (Lipinski definition) is 2. The van der Waals surface area contributed by atoms with Crippen LogP contribution in [0.15, 0.2) is 28.9 Å². The number of rotatable bonds is 5. The summed E-state index contributed by atoms with van der Waals surface area (Å²) >= 11 is 0. The number of amides is 2. The Hall–Kier alpha value is -2.25. The van der Waals surface area contributed by atoms with Crippen molar-refractivity contribution in [3.8, 4) is 0 Å². The molecule has 0 unspecified atom stereocenters. The molecule has 0 spiro atoms. The van der Waals surface area contributed by atoms with Gasteiger partial charge in [-0.1, -0.05) is 0 Å². The second-order valence-electron chi connectivity index (χ2n) is 3.46. The van der Waals surface area contributed by atoms with E-state index in [1.54, 1.807) is 17.4 Å². The number of nitrogens with one attached hydrogen (secondary N) is 2. The first-order chi connectivity index (χ1) is 8.87. The van der Waals surface area contributed by atoms with Crippen LogP contribution in [0.4, 0.5) is 13.2 Å². The van der Waals surface area contributed by atoms with Crippen LogP contribution in [0, 0.1) is 0 Å². The fraction of sp³-hybridized carbons (Fsp3) is 0.273. The van der Waals surface area contributed by atoms with Gasteiger partial charge in [0.15, 0.2) is 0 Å². The smallest absolute Gasteiger partial charge is 0.405 e. The first kappa shape index (κ1) is 14.8. The molecule has 1 rings (SSSR count). The molecule has 0 aliphatic heterocycles. The number of halogens is 3. The van der Waals surface area contributed by atoms with Gasteiger partial charge in [0.25, 0.3) is 0 Å². The van der Waals surface area contributed by atoms with E-state index in [4.69, 9.17) is 4.42 Å². The highest BCUT2D eigenvalue weighted by Gasteiger charge is 2.27. The van der Waals surface area contributed by atoms with E-state index in [0.717, 1.165) is 6.08 Å². The second kappa shape index (κ2) is 6.62. The van der Waals surface area contributed by atoms with Gasteiger partial charge >= 0.3 is 6.18 Å². The lowest BCUT2D eigenvalue weighted by atomic mass is 10.4. The molecule has 1 aromatic heterocycles. The van der Waals surface area contributed by atoms with Crippen LogP contribution in [0.5, 0.6) is 0 Å². The maximum absolute atomic E-state index is 11.8. The fourth-order valence-corrected chi connectivity index (χ4v) is 1.03. The van der Waals surface area contributed by atoms with Gasteiger partial charge in [0.1, 0.15) is 12.3 Å². The summed E-state index contributed by atoms with van der Waals surface area (Å²) < 4.78 is 40.2. The van der Waals surface area contributed by atoms with Crippen molar-refractivity contribution in [3.05, 3.63) is 30.2 Å². The first-order valence-electron chi connectivity index (χ1n) is 5.20. The summed E-state index contributed by atoms with van der Waals surface area (Å²) in [5, 5.41) is 3.76. The molecule has 19 heavy (non-hydrogen) atoms. The molecule has 0 aliphatic rings. The molecule has 5 nitrogen and oxygen atoms in total. The predicted octanol–water partition coefficient (Wildman–Crippen LogP) is 1.09. The van der Waals surface area contributed by atoms with Gasteiger partial charge in [0, 0.05) is 6.08 Å². The van der Waals surface area contributed by atoms with Crippen LogP contribution in [-0.4, -0.2) is 31.1 Å². The zero-order valence-electron chi connectivity index (χ0n) is 9.66. The van der Waals surface area contributed by atoms with Crippen LogP contribution in [0.3, 0.4) is 0 Å². The minimum atomic E-state index is -4.47. The molecule has 0 fully saturated rings. The molecular weight excluding hydrogens is 265 g/mol. The summed E-state index contributed by atoms with van der Waals surface area (Å²) in [6.45, 7) is -1.96. The predicted molar refractivity (Wildman–Crippen MR) is 59.8 cm³/mol. The normalized spacial score (nSPS) is 11.5. The highest BCUT2D eigenvalue weighted by atomic mass is 19.4. The van der Waals surface area contributed by atoms with Gasteiger partial charge in [-0.15, -0.1) is 0 Å². The van der Waals surface area contributed by atoms with E-state index in [9.17, 15) is 22.8 Å². The van der Waals surface area contributed by atoms with Crippen molar-refractivity contribution >= 4 is 17.9 Å². The molecule has 0 saturated heterocycles. The third-order valence-electron chi connectivity index (χ3n) is 1.85. The van der Waals surface area contributed by atoms with Crippen molar-refractivity contribution < 1.29 is 27.2 Å². The molecule has 8 heteroatoms. The van der Waals surface area contributed by atoms with Gasteiger partial charge in [-0.3, -0.25) is 9.59 Å². The van der Waals surface area contributed by atoms with Gasteiger partial charge in [-0.2, -0.15) is 13.2 Å². The van der Waals surface area contributed by atoms with Crippen molar-refractivity contribution in [1.82, 2.24) is 10.6 Å². The maximum Gasteiger partial charge on any atom is 0.405 e. The average molecular weight is 276 g/mol. The summed E-state index contributed by atoms with van der Waals surface area (Å²) in [6.07, 6.45) is -0.583. The molecule has 2 amide bonds. The number of furan rings is 1. The third kappa shape index (κ3) is 6.92. The highest BCUT2D eigenvalue weighted by molar-refractivity contribution is 5.93. The SMILES string of the molecule is O=C(/C=C/c1ccco1)NCC(=O)NCC(F)(F)F. The molecule has 0 aliphatic carbocycles. The zero-order chi connectivity index (χ0) is 14.3. The summed E-state index contributed by atoms with van der Waals surface area (Å²) in [5.41, 5.74) is 0. The van der Waals surface area contributed by atoms with E-state index in [2.05, 4.69) is 5.32 Å². The molecule has 0 atom stereocenters. The molecular formula is C11H11F3N2O3. The van der Waals surface area contributed by atoms with E-state index in [1.807, 2.05) is 0 Å². The fourth-order valence-electron chi connectivity index (χ4n) is 1.03. The average Bonchev–Trinajstić information content (AvgIpc) is 2.83. The molecule has 0 bridgehead atoms. The van der Waals surface area contributed by atoms with Crippen LogP contribution in [-0.2, 0) is 9.59 Å². The lowest BCUT2D eigenvalue weighted by Gasteiger charge is -2.08. The number of carbonyl (C=O) groups excluding carboxylic acids is 2. The third-order valence-corrected chi connectivity index (χ3v) is 1.85. The van der Waals surface area contributed by atoms with E-state index in [0.29, 0.717) is 5.76 Å². The Bertz CT molecular complexity index is 452. The van der Waals surface area contributed by atoms with Crippen molar-refractivity contribution in [2.75, 3.05) is 13.1 Å². The lowest BCUT2D eigenvalue weighted by molar-refractivity contribution is -0.138. The monoisotopic (exact) mass is 276 g/mol. The number of carbonyl (C=O) groups is 2. The minimum absolute atomic E-state index is 0.441. The Balaban J connectivity index is 2.25. The Morgan fingerprint density at radius 3 is 2.63 bits per heavy atom. The lowest BCUT2D eigenvalue weighted by Crippen LogP contribution is -2.40. The topological polar surface area (TPSA) is 71.3 Å². The maximum atomic E-state index is 11.8. The largest absolute Gasteiger partial charge is 0.465 e. The quantitative estimate of drug-likeness (QED) is 0.791. The summed E-state index contributed by atoms with van der Waals surface area (Å²) in [5.74, 6) is -1.09. The van der Waals surface area contributed by atoms with Crippen LogP contribution in [0.25, 0.3) is 6.08 Å². The summed E-state index contributed by atoms with van der Waals surface area (Å²) in [4.78, 5) is 22.2. The minimum Gasteiger partial charge on any atom is -0.465 e. The van der Waals surface area contributed by atoms with Gasteiger partial charge in [-0.25, -0.2) is 0 Å². The number of alkyl halides is 3. The van der Waals surface area contributed by atoms with Crippen molar-refractivity contribution in [2.45, 2.75) is 6.18 Å². The van der Waals surface area contributed by atoms with Crippen molar-refractivity contribution in [2.24, 2.45) is 0 Å². The van der Waals surface area contributed by atoms with Gasteiger partial charge in [0.05, 0.1) is 12.8 Å². The van der Waals surface area contributed by atoms with Gasteiger partial charge < -0.3 is 15.1 Å². The molecule has 1 aromatic rings. The van der Waals surface area contributed by atoms with Crippen molar-refractivity contribution in [3.63, 3.8) is 0 Å². The highest BCUT2D eigenvalue weighted by Crippen LogP contribution is 2.11. The van der Waals surface area contributed by atoms with Gasteiger partial charge in [-0.05, 0) is 18.2 Å².